The lowest BCUT2D eigenvalue weighted by Gasteiger charge is -2.29. The Hall–Kier alpha value is -7.54. The topological polar surface area (TPSA) is 121 Å². The summed E-state index contributed by atoms with van der Waals surface area (Å²) in [6.45, 7) is 28.2. The first-order chi connectivity index (χ1) is 48.5. The summed E-state index contributed by atoms with van der Waals surface area (Å²) in [6, 6.07) is 37.2. The zero-order valence-corrected chi connectivity index (χ0v) is 63.5. The second kappa shape index (κ2) is 34.9. The van der Waals surface area contributed by atoms with E-state index in [1.54, 1.807) is 0 Å². The Morgan fingerprint density at radius 3 is 1.06 bits per heavy atom. The van der Waals surface area contributed by atoms with Gasteiger partial charge >= 0.3 is 0 Å². The minimum Gasteiger partial charge on any atom is -0.493 e. The highest BCUT2D eigenvalue weighted by atomic mass is 32.2. The fraction of sp³-hybridized carbons (Fsp3) is 0.455. The van der Waals surface area contributed by atoms with Crippen molar-refractivity contribution in [3.05, 3.63) is 176 Å². The van der Waals surface area contributed by atoms with E-state index in [-0.39, 0.29) is 11.6 Å². The summed E-state index contributed by atoms with van der Waals surface area (Å²) in [5.74, 6) is 5.81. The highest BCUT2D eigenvalue weighted by Gasteiger charge is 2.39. The zero-order valence-electron chi connectivity index (χ0n) is 61.8. The average Bonchev–Trinajstić information content (AvgIpc) is 0.723. The van der Waals surface area contributed by atoms with Crippen LogP contribution in [0, 0.1) is 79.1 Å². The summed E-state index contributed by atoms with van der Waals surface area (Å²) in [5.41, 5.74) is 15.6. The van der Waals surface area contributed by atoms with Crippen LogP contribution in [0.4, 0.5) is 22.7 Å². The minimum atomic E-state index is -0.234. The third-order valence-corrected chi connectivity index (χ3v) is 23.0. The van der Waals surface area contributed by atoms with E-state index in [1.165, 1.54) is 126 Å². The van der Waals surface area contributed by atoms with E-state index < -0.39 is 0 Å². The number of rotatable bonds is 32. The number of nitrogens with zero attached hydrogens (tertiary/aromatic N) is 2. The number of benzene rings is 6. The summed E-state index contributed by atoms with van der Waals surface area (Å²) in [6.07, 6.45) is 24.7. The molecule has 8 aromatic rings. The van der Waals surface area contributed by atoms with Gasteiger partial charge in [0.15, 0.2) is 11.6 Å². The van der Waals surface area contributed by atoms with Crippen molar-refractivity contribution in [2.45, 2.75) is 231 Å². The number of unbranched alkanes of at least 4 members (excludes halogenated alkanes) is 6. The molecule has 0 unspecified atom stereocenters. The number of nitrogens with one attached hydrogen (secondary N) is 2. The molecule has 10 nitrogen and oxygen atoms in total. The van der Waals surface area contributed by atoms with Gasteiger partial charge in [0.2, 0.25) is 0 Å². The van der Waals surface area contributed by atoms with Crippen LogP contribution in [0.5, 0.6) is 23.0 Å². The van der Waals surface area contributed by atoms with Crippen LogP contribution >= 0.6 is 23.5 Å². The summed E-state index contributed by atoms with van der Waals surface area (Å²) < 4.78 is 25.8. The van der Waals surface area contributed by atoms with Gasteiger partial charge in [0.05, 0.1) is 71.7 Å². The highest BCUT2D eigenvalue weighted by Crippen LogP contribution is 2.48. The van der Waals surface area contributed by atoms with Gasteiger partial charge in [-0.15, -0.1) is 0 Å². The number of aromatic nitrogens is 2. The van der Waals surface area contributed by atoms with Crippen molar-refractivity contribution < 1.29 is 28.5 Å². The summed E-state index contributed by atoms with van der Waals surface area (Å²) in [4.78, 5) is 46.2. The SMILES string of the molecule is CCCCCC1CCC(COc2c(C)cc(Nc3ccc(Nc4cc(C)c(OCC5CCC(CCCCC)CC5)c(C)c4)c4c3C(=O)c3c(Sc5ccc(-c6cc(C)c(OCCCC)c(C)n6)cc5)ccc(Sc5ccc(-c6cc(C)c(OCCCC)c(C)n6)cc5)c3C4=O)cc2C)CC1. The molecule has 3 aliphatic carbocycles. The molecule has 2 heterocycles. The lowest BCUT2D eigenvalue weighted by atomic mass is 9.80. The number of hydrogen-bond acceptors (Lipinski definition) is 12. The van der Waals surface area contributed by atoms with E-state index in [0.717, 1.165) is 149 Å². The highest BCUT2D eigenvalue weighted by molar-refractivity contribution is 8.00. The van der Waals surface area contributed by atoms with Crippen LogP contribution in [0.3, 0.4) is 0 Å². The van der Waals surface area contributed by atoms with Gasteiger partial charge in [0.1, 0.15) is 23.0 Å². The quantitative estimate of drug-likeness (QED) is 0.0391. The van der Waals surface area contributed by atoms with E-state index in [9.17, 15) is 0 Å². The first-order valence-corrected chi connectivity index (χ1v) is 39.4. The number of carbonyl (C=O) groups excluding carboxylic acids is 2. The molecule has 6 aromatic carbocycles. The lowest BCUT2D eigenvalue weighted by Crippen LogP contribution is -2.25. The molecule has 100 heavy (non-hydrogen) atoms. The number of ether oxygens (including phenoxy) is 4. The van der Waals surface area contributed by atoms with Gasteiger partial charge in [-0.3, -0.25) is 9.59 Å². The Bertz CT molecular complexity index is 3790. The number of pyridine rings is 2. The fourth-order valence-corrected chi connectivity index (χ4v) is 17.2. The van der Waals surface area contributed by atoms with Crippen LogP contribution in [0.25, 0.3) is 22.5 Å². The van der Waals surface area contributed by atoms with Crippen molar-refractivity contribution in [2.75, 3.05) is 37.1 Å². The van der Waals surface area contributed by atoms with Gasteiger partial charge in [0, 0.05) is 53.2 Å². The van der Waals surface area contributed by atoms with E-state index in [4.69, 9.17) is 28.9 Å². The number of fused-ring (bicyclic) bond motifs is 2. The van der Waals surface area contributed by atoms with Crippen molar-refractivity contribution in [2.24, 2.45) is 23.7 Å². The van der Waals surface area contributed by atoms with Gasteiger partial charge in [-0.25, -0.2) is 9.97 Å². The third-order valence-electron chi connectivity index (χ3n) is 20.9. The molecule has 3 aliphatic rings. The van der Waals surface area contributed by atoms with E-state index >= 15 is 9.59 Å². The predicted molar refractivity (Wildman–Crippen MR) is 416 cm³/mol. The molecule has 0 atom stereocenters. The van der Waals surface area contributed by atoms with Crippen LogP contribution in [0.1, 0.15) is 233 Å². The zero-order chi connectivity index (χ0) is 70.4. The molecule has 12 heteroatoms. The summed E-state index contributed by atoms with van der Waals surface area (Å²) >= 11 is 2.98. The molecule has 2 fully saturated rings. The van der Waals surface area contributed by atoms with Crippen LogP contribution < -0.4 is 29.6 Å². The molecule has 528 valence electrons. The lowest BCUT2D eigenvalue weighted by molar-refractivity contribution is 0.0976. The first kappa shape index (κ1) is 73.7. The van der Waals surface area contributed by atoms with Gasteiger partial charge < -0.3 is 29.6 Å². The monoisotopic (exact) mass is 1380 g/mol. The smallest absolute Gasteiger partial charge is 0.197 e. The van der Waals surface area contributed by atoms with E-state index in [2.05, 4.69) is 165 Å². The van der Waals surface area contributed by atoms with Gasteiger partial charge in [0.25, 0.3) is 0 Å². The summed E-state index contributed by atoms with van der Waals surface area (Å²) in [7, 11) is 0. The normalized spacial score (nSPS) is 16.6. The Balaban J connectivity index is 0.946. The standard InChI is InChI=1S/C88H108N4O6S2/c1-13-17-21-23-63-25-29-65(30-26-63)53-97-85-55(5)47-69(48-56(85)6)91-73-41-42-74(92-70-49-57(7)86(58(8)50-70)98-54-66-31-27-64(28-32-66)24-22-18-14-2)80-79(73)83(93)81-77(99-71-37-33-67(34-38-71)75-51-59(9)87(61(11)89-75)95-45-19-15-3)43-44-78(82(81)84(80)94)100-72-39-35-68(36-40-72)76-52-60(10)88(62(12)90-76)96-46-20-16-4/h33-44,47-52,63-66,91-92H,13-32,45-46,53-54H2,1-12H3. The molecular weight excluding hydrogens is 1270 g/mol. The van der Waals surface area contributed by atoms with Crippen LogP contribution in [-0.2, 0) is 0 Å². The maximum atomic E-state index is 16.5. The Morgan fingerprint density at radius 2 is 0.720 bits per heavy atom. The number of anilines is 4. The molecule has 0 radical (unpaired) electrons. The van der Waals surface area contributed by atoms with E-state index in [1.807, 2.05) is 38.1 Å². The second-order valence-corrected chi connectivity index (χ2v) is 31.3. The van der Waals surface area contributed by atoms with Gasteiger partial charge in [-0.2, -0.15) is 0 Å². The minimum absolute atomic E-state index is 0.234. The molecule has 0 spiro atoms. The largest absolute Gasteiger partial charge is 0.493 e. The third kappa shape index (κ3) is 18.0. The van der Waals surface area contributed by atoms with Crippen molar-refractivity contribution in [1.29, 1.82) is 0 Å². The number of aryl methyl sites for hydroxylation is 8. The van der Waals surface area contributed by atoms with Crippen molar-refractivity contribution in [3.8, 4) is 45.5 Å². The summed E-state index contributed by atoms with van der Waals surface area (Å²) in [5, 5.41) is 7.45. The molecule has 2 saturated carbocycles. The molecule has 0 amide bonds. The molecule has 11 rings (SSSR count). The number of ketones is 2. The number of carbonyl (C=O) groups is 2. The first-order valence-electron chi connectivity index (χ1n) is 37.7. The molecule has 0 saturated heterocycles. The van der Waals surface area contributed by atoms with Gasteiger partial charge in [-0.05, 0) is 236 Å². The van der Waals surface area contributed by atoms with Crippen molar-refractivity contribution in [1.82, 2.24) is 9.97 Å². The molecule has 0 bridgehead atoms. The van der Waals surface area contributed by atoms with Crippen LogP contribution in [0.2, 0.25) is 0 Å². The van der Waals surface area contributed by atoms with Crippen molar-refractivity contribution >= 4 is 57.8 Å². The Labute approximate surface area is 606 Å². The fourth-order valence-electron chi connectivity index (χ4n) is 15.3. The maximum absolute atomic E-state index is 16.5. The van der Waals surface area contributed by atoms with Crippen LogP contribution in [0.15, 0.2) is 129 Å². The molecule has 0 aliphatic heterocycles. The maximum Gasteiger partial charge on any atom is 0.197 e. The Kier molecular flexibility index (Phi) is 25.7. The van der Waals surface area contributed by atoms with E-state index in [0.29, 0.717) is 81.7 Å². The molecule has 2 N–H and O–H groups in total. The van der Waals surface area contributed by atoms with Crippen LogP contribution in [-0.4, -0.2) is 48.0 Å². The second-order valence-electron chi connectivity index (χ2n) is 29.0. The van der Waals surface area contributed by atoms with Gasteiger partial charge in [-0.1, -0.05) is 165 Å². The molecular formula is C88H108N4O6S2. The predicted octanol–water partition coefficient (Wildman–Crippen LogP) is 24.7. The van der Waals surface area contributed by atoms with Crippen molar-refractivity contribution in [3.63, 3.8) is 0 Å². The molecule has 2 aromatic heterocycles. The average molecular weight is 1380 g/mol. The Morgan fingerprint density at radius 1 is 0.380 bits per heavy atom. The number of hydrogen-bond donors (Lipinski definition) is 2.